The van der Waals surface area contributed by atoms with E-state index < -0.39 is 0 Å². The topological polar surface area (TPSA) is 80.1 Å². The molecule has 0 atom stereocenters. The highest BCUT2D eigenvalue weighted by atomic mass is 16.5. The van der Waals surface area contributed by atoms with Crippen molar-refractivity contribution in [3.8, 4) is 17.1 Å². The summed E-state index contributed by atoms with van der Waals surface area (Å²) in [5.74, 6) is 0.880. The summed E-state index contributed by atoms with van der Waals surface area (Å²) in [4.78, 5) is 8.22. The molecule has 2 N–H and O–H groups in total. The first-order chi connectivity index (χ1) is 13.1. The summed E-state index contributed by atoms with van der Waals surface area (Å²) in [6.45, 7) is 6.03. The van der Waals surface area contributed by atoms with E-state index in [0.29, 0.717) is 6.01 Å². The fourth-order valence-electron chi connectivity index (χ4n) is 2.45. The van der Waals surface area contributed by atoms with Gasteiger partial charge in [0.15, 0.2) is 0 Å². The summed E-state index contributed by atoms with van der Waals surface area (Å²) in [5.41, 5.74) is 2.59. The minimum atomic E-state index is 0.139. The van der Waals surface area contributed by atoms with Crippen LogP contribution < -0.4 is 10.1 Å². The molecule has 1 aromatic carbocycles. The van der Waals surface area contributed by atoms with Crippen molar-refractivity contribution >= 4 is 5.90 Å². The molecule has 0 radical (unpaired) electrons. The van der Waals surface area contributed by atoms with E-state index in [0.717, 1.165) is 42.0 Å². The van der Waals surface area contributed by atoms with Gasteiger partial charge in [0.1, 0.15) is 0 Å². The second kappa shape index (κ2) is 11.1. The number of hydrogen-bond donors (Lipinski definition) is 2. The molecule has 0 amide bonds. The standard InChI is InChI=1S/C21H28N4O2/c1-4-5-12-23-13-6-7-16(2)27-20(22)18-10-8-17(9-11-18)19-14-24-21(26-3)25-15-19/h7-11,14-15,22-23H,4-6,12-13H2,1-3H3/b16-7+,22-20?. The molecule has 2 aromatic rings. The number of hydrogen-bond acceptors (Lipinski definition) is 6. The number of unbranched alkanes of at least 4 members (excludes halogenated alkanes) is 1. The van der Waals surface area contributed by atoms with Gasteiger partial charge in [0.05, 0.1) is 12.9 Å². The van der Waals surface area contributed by atoms with Gasteiger partial charge in [-0.2, -0.15) is 0 Å². The average Bonchev–Trinajstić information content (AvgIpc) is 2.70. The van der Waals surface area contributed by atoms with E-state index in [1.54, 1.807) is 12.4 Å². The Morgan fingerprint density at radius 2 is 1.81 bits per heavy atom. The molecular formula is C21H28N4O2. The van der Waals surface area contributed by atoms with Gasteiger partial charge in [-0.15, -0.1) is 0 Å². The molecule has 0 spiro atoms. The lowest BCUT2D eigenvalue weighted by atomic mass is 10.1. The number of rotatable bonds is 10. The number of aromatic nitrogens is 2. The monoisotopic (exact) mass is 368 g/mol. The minimum absolute atomic E-state index is 0.139. The van der Waals surface area contributed by atoms with Gasteiger partial charge < -0.3 is 14.8 Å². The van der Waals surface area contributed by atoms with Crippen molar-refractivity contribution in [3.05, 3.63) is 54.1 Å². The summed E-state index contributed by atoms with van der Waals surface area (Å²) in [6, 6.07) is 7.92. The van der Waals surface area contributed by atoms with Crippen LogP contribution in [0.1, 0.15) is 38.7 Å². The molecule has 0 bridgehead atoms. The Bertz CT molecular complexity index is 740. The van der Waals surface area contributed by atoms with Crippen molar-refractivity contribution in [1.29, 1.82) is 5.41 Å². The Kier molecular flexibility index (Phi) is 8.45. The van der Waals surface area contributed by atoms with Crippen molar-refractivity contribution in [2.24, 2.45) is 0 Å². The minimum Gasteiger partial charge on any atom is -0.467 e. The zero-order chi connectivity index (χ0) is 19.5. The Balaban J connectivity index is 1.87. The fraction of sp³-hybridized carbons (Fsp3) is 0.381. The molecule has 0 aliphatic heterocycles. The van der Waals surface area contributed by atoms with E-state index in [1.807, 2.05) is 37.3 Å². The zero-order valence-electron chi connectivity index (χ0n) is 16.3. The third-order valence-electron chi connectivity index (χ3n) is 4.01. The van der Waals surface area contributed by atoms with E-state index >= 15 is 0 Å². The van der Waals surface area contributed by atoms with Crippen LogP contribution in [0.25, 0.3) is 11.1 Å². The van der Waals surface area contributed by atoms with E-state index in [-0.39, 0.29) is 5.90 Å². The molecule has 1 heterocycles. The molecule has 0 saturated carbocycles. The third kappa shape index (κ3) is 6.83. The van der Waals surface area contributed by atoms with Crippen molar-refractivity contribution in [3.63, 3.8) is 0 Å². The SMILES string of the molecule is CCCCNCC/C=C(\C)OC(=N)c1ccc(-c2cnc(OC)nc2)cc1. The van der Waals surface area contributed by atoms with Crippen LogP contribution in [0.3, 0.4) is 0 Å². The van der Waals surface area contributed by atoms with Crippen LogP contribution in [0.4, 0.5) is 0 Å². The van der Waals surface area contributed by atoms with Crippen molar-refractivity contribution in [2.75, 3.05) is 20.2 Å². The van der Waals surface area contributed by atoms with Gasteiger partial charge in [-0.1, -0.05) is 25.5 Å². The van der Waals surface area contributed by atoms with Gasteiger partial charge in [-0.05, 0) is 56.6 Å². The number of nitrogens with one attached hydrogen (secondary N) is 2. The first kappa shape index (κ1) is 20.6. The third-order valence-corrected chi connectivity index (χ3v) is 4.01. The number of nitrogens with zero attached hydrogens (tertiary/aromatic N) is 2. The number of benzene rings is 1. The lowest BCUT2D eigenvalue weighted by Crippen LogP contribution is -2.16. The van der Waals surface area contributed by atoms with Crippen LogP contribution >= 0.6 is 0 Å². The van der Waals surface area contributed by atoms with Gasteiger partial charge in [0.2, 0.25) is 5.90 Å². The molecule has 0 aliphatic rings. The predicted octanol–water partition coefficient (Wildman–Crippen LogP) is 4.18. The molecule has 144 valence electrons. The van der Waals surface area contributed by atoms with Crippen LogP contribution in [0.2, 0.25) is 0 Å². The summed E-state index contributed by atoms with van der Waals surface area (Å²) >= 11 is 0. The number of methoxy groups -OCH3 is 1. The van der Waals surface area contributed by atoms with E-state index in [4.69, 9.17) is 14.9 Å². The first-order valence-corrected chi connectivity index (χ1v) is 9.24. The molecule has 0 saturated heterocycles. The summed E-state index contributed by atoms with van der Waals surface area (Å²) in [7, 11) is 1.54. The molecule has 0 fully saturated rings. The lowest BCUT2D eigenvalue weighted by Gasteiger charge is -2.09. The molecular weight excluding hydrogens is 340 g/mol. The summed E-state index contributed by atoms with van der Waals surface area (Å²) in [6.07, 6.45) is 8.72. The van der Waals surface area contributed by atoms with Crippen LogP contribution in [0.5, 0.6) is 6.01 Å². The number of allylic oxidation sites excluding steroid dienone is 1. The van der Waals surface area contributed by atoms with Crippen LogP contribution in [-0.2, 0) is 4.74 Å². The molecule has 6 nitrogen and oxygen atoms in total. The average molecular weight is 368 g/mol. The van der Waals surface area contributed by atoms with Gasteiger partial charge in [-0.3, -0.25) is 5.41 Å². The molecule has 0 aliphatic carbocycles. The molecule has 2 rings (SSSR count). The number of ether oxygens (including phenoxy) is 2. The zero-order valence-corrected chi connectivity index (χ0v) is 16.3. The van der Waals surface area contributed by atoms with Crippen LogP contribution in [0, 0.1) is 5.41 Å². The molecule has 0 unspecified atom stereocenters. The Hall–Kier alpha value is -2.73. The van der Waals surface area contributed by atoms with E-state index in [1.165, 1.54) is 20.0 Å². The maximum absolute atomic E-state index is 8.14. The smallest absolute Gasteiger partial charge is 0.316 e. The summed E-state index contributed by atoms with van der Waals surface area (Å²) < 4.78 is 10.6. The second-order valence-electron chi connectivity index (χ2n) is 6.17. The van der Waals surface area contributed by atoms with Crippen molar-refractivity contribution < 1.29 is 9.47 Å². The van der Waals surface area contributed by atoms with Crippen molar-refractivity contribution in [2.45, 2.75) is 33.1 Å². The Morgan fingerprint density at radius 1 is 1.11 bits per heavy atom. The van der Waals surface area contributed by atoms with E-state index in [9.17, 15) is 0 Å². The highest BCUT2D eigenvalue weighted by Crippen LogP contribution is 2.19. The lowest BCUT2D eigenvalue weighted by molar-refractivity contribution is 0.380. The van der Waals surface area contributed by atoms with Crippen LogP contribution in [0.15, 0.2) is 48.5 Å². The van der Waals surface area contributed by atoms with E-state index in [2.05, 4.69) is 22.2 Å². The fourth-order valence-corrected chi connectivity index (χ4v) is 2.45. The maximum atomic E-state index is 8.14. The van der Waals surface area contributed by atoms with Crippen molar-refractivity contribution in [1.82, 2.24) is 15.3 Å². The Labute approximate surface area is 161 Å². The highest BCUT2D eigenvalue weighted by molar-refractivity contribution is 5.92. The predicted molar refractivity (Wildman–Crippen MR) is 108 cm³/mol. The maximum Gasteiger partial charge on any atom is 0.316 e. The van der Waals surface area contributed by atoms with Gasteiger partial charge in [0.25, 0.3) is 0 Å². The highest BCUT2D eigenvalue weighted by Gasteiger charge is 2.06. The second-order valence-corrected chi connectivity index (χ2v) is 6.17. The molecule has 6 heteroatoms. The molecule has 1 aromatic heterocycles. The van der Waals surface area contributed by atoms with Gasteiger partial charge in [0, 0.05) is 23.5 Å². The quantitative estimate of drug-likeness (QED) is 0.285. The van der Waals surface area contributed by atoms with Crippen LogP contribution in [-0.4, -0.2) is 36.1 Å². The normalized spacial score (nSPS) is 11.3. The largest absolute Gasteiger partial charge is 0.467 e. The molecule has 27 heavy (non-hydrogen) atoms. The first-order valence-electron chi connectivity index (χ1n) is 9.24. The van der Waals surface area contributed by atoms with Gasteiger partial charge in [-0.25, -0.2) is 9.97 Å². The Morgan fingerprint density at radius 3 is 2.44 bits per heavy atom. The van der Waals surface area contributed by atoms with Gasteiger partial charge >= 0.3 is 6.01 Å². The summed E-state index contributed by atoms with van der Waals surface area (Å²) in [5, 5.41) is 11.5.